The Kier molecular flexibility index (Phi) is 5.61. The normalized spacial score (nSPS) is 29.5. The van der Waals surface area contributed by atoms with Crippen molar-refractivity contribution in [2.75, 3.05) is 19.7 Å². The molecule has 2 amide bonds. The average molecular weight is 409 g/mol. The molecule has 0 spiro atoms. The summed E-state index contributed by atoms with van der Waals surface area (Å²) in [6, 6.07) is 4.13. The molecule has 152 valence electrons. The Morgan fingerprint density at radius 2 is 1.96 bits per heavy atom. The van der Waals surface area contributed by atoms with E-state index in [9.17, 15) is 14.0 Å². The number of benzene rings is 1. The molecular formula is C21H26ClFN2O3. The van der Waals surface area contributed by atoms with Gasteiger partial charge >= 0.3 is 0 Å². The Morgan fingerprint density at radius 1 is 1.25 bits per heavy atom. The number of nitrogens with one attached hydrogen (secondary N) is 1. The zero-order chi connectivity index (χ0) is 19.8. The maximum absolute atomic E-state index is 14.2. The molecule has 7 heteroatoms. The topological polar surface area (TPSA) is 58.6 Å². The molecule has 5 nitrogen and oxygen atoms in total. The first-order chi connectivity index (χ1) is 13.4. The van der Waals surface area contributed by atoms with E-state index in [-0.39, 0.29) is 40.5 Å². The highest BCUT2D eigenvalue weighted by Crippen LogP contribution is 2.39. The van der Waals surface area contributed by atoms with Crippen LogP contribution in [0.5, 0.6) is 0 Å². The number of carbonyl (C=O) groups excluding carboxylic acids is 2. The lowest BCUT2D eigenvalue weighted by atomic mass is 9.77. The fourth-order valence-electron chi connectivity index (χ4n) is 4.55. The second-order valence-corrected chi connectivity index (χ2v) is 8.88. The van der Waals surface area contributed by atoms with Crippen LogP contribution in [0.15, 0.2) is 18.2 Å². The third-order valence-electron chi connectivity index (χ3n) is 6.20. The smallest absolute Gasteiger partial charge is 0.256 e. The van der Waals surface area contributed by atoms with Crippen LogP contribution in [0.3, 0.4) is 0 Å². The molecule has 1 aromatic rings. The highest BCUT2D eigenvalue weighted by Gasteiger charge is 2.44. The highest BCUT2D eigenvalue weighted by molar-refractivity contribution is 6.30. The predicted octanol–water partition coefficient (Wildman–Crippen LogP) is 3.26. The van der Waals surface area contributed by atoms with Gasteiger partial charge in [-0.3, -0.25) is 9.59 Å². The Morgan fingerprint density at radius 3 is 2.61 bits per heavy atom. The Bertz CT molecular complexity index is 770. The standard InChI is InChI=1S/C21H26ClFN2O3/c1-12(26)24-19-6-14-9-25(21(27)17-5-4-16(22)8-18(17)23)10-15(14)7-20(19)28-11-13-2-3-13/h4-5,8,13-15,19-20H,2-3,6-7,9-11H2,1H3,(H,24,26)/t14-,15+,19-,20-/m1/s1. The van der Waals surface area contributed by atoms with Crippen molar-refractivity contribution in [3.05, 3.63) is 34.6 Å². The molecule has 1 N–H and O–H groups in total. The van der Waals surface area contributed by atoms with E-state index in [1.165, 1.54) is 38.0 Å². The lowest BCUT2D eigenvalue weighted by Crippen LogP contribution is -2.50. The van der Waals surface area contributed by atoms with Gasteiger partial charge in [-0.1, -0.05) is 11.6 Å². The number of hydrogen-bond donors (Lipinski definition) is 1. The van der Waals surface area contributed by atoms with Crippen LogP contribution in [0.25, 0.3) is 0 Å². The minimum Gasteiger partial charge on any atom is -0.376 e. The molecular weight excluding hydrogens is 383 g/mol. The first-order valence-electron chi connectivity index (χ1n) is 10.0. The molecule has 1 aliphatic heterocycles. The van der Waals surface area contributed by atoms with Gasteiger partial charge in [0, 0.05) is 31.6 Å². The summed E-state index contributed by atoms with van der Waals surface area (Å²) < 4.78 is 20.3. The van der Waals surface area contributed by atoms with Crippen LogP contribution in [0, 0.1) is 23.6 Å². The number of ether oxygens (including phenoxy) is 1. The van der Waals surface area contributed by atoms with Crippen LogP contribution in [0.2, 0.25) is 5.02 Å². The number of nitrogens with zero attached hydrogens (tertiary/aromatic N) is 1. The van der Waals surface area contributed by atoms with Gasteiger partial charge in [0.25, 0.3) is 5.91 Å². The quantitative estimate of drug-likeness (QED) is 0.813. The largest absolute Gasteiger partial charge is 0.376 e. The molecule has 0 unspecified atom stereocenters. The number of likely N-dealkylation sites (tertiary alicyclic amines) is 1. The van der Waals surface area contributed by atoms with Crippen molar-refractivity contribution in [2.24, 2.45) is 17.8 Å². The minimum atomic E-state index is -0.589. The highest BCUT2D eigenvalue weighted by atomic mass is 35.5. The van der Waals surface area contributed by atoms with Crippen molar-refractivity contribution in [1.29, 1.82) is 0 Å². The molecule has 0 aromatic heterocycles. The van der Waals surface area contributed by atoms with Gasteiger partial charge in [-0.15, -0.1) is 0 Å². The summed E-state index contributed by atoms with van der Waals surface area (Å²) in [7, 11) is 0. The summed E-state index contributed by atoms with van der Waals surface area (Å²) in [6.45, 7) is 3.45. The van der Waals surface area contributed by atoms with E-state index in [1.807, 2.05) is 0 Å². The molecule has 2 saturated carbocycles. The average Bonchev–Trinajstić information content (AvgIpc) is 3.37. The molecule has 3 aliphatic rings. The van der Waals surface area contributed by atoms with E-state index in [0.29, 0.717) is 24.9 Å². The molecule has 3 fully saturated rings. The lowest BCUT2D eigenvalue weighted by Gasteiger charge is -2.38. The Hall–Kier alpha value is -1.66. The number of hydrogen-bond acceptors (Lipinski definition) is 3. The first kappa shape index (κ1) is 19.6. The van der Waals surface area contributed by atoms with Crippen LogP contribution >= 0.6 is 11.6 Å². The molecule has 0 bridgehead atoms. The van der Waals surface area contributed by atoms with Crippen LogP contribution in [-0.4, -0.2) is 48.6 Å². The van der Waals surface area contributed by atoms with E-state index in [0.717, 1.165) is 19.4 Å². The third kappa shape index (κ3) is 4.33. The van der Waals surface area contributed by atoms with E-state index in [4.69, 9.17) is 16.3 Å². The fraction of sp³-hybridized carbons (Fsp3) is 0.619. The first-order valence-corrected chi connectivity index (χ1v) is 10.4. The molecule has 1 aromatic carbocycles. The van der Waals surface area contributed by atoms with Crippen LogP contribution < -0.4 is 5.32 Å². The minimum absolute atomic E-state index is 0.0203. The molecule has 1 saturated heterocycles. The van der Waals surface area contributed by atoms with Gasteiger partial charge in [-0.25, -0.2) is 4.39 Å². The second kappa shape index (κ2) is 7.99. The molecule has 0 radical (unpaired) electrons. The van der Waals surface area contributed by atoms with Gasteiger partial charge in [0.05, 0.1) is 17.7 Å². The maximum Gasteiger partial charge on any atom is 0.256 e. The Labute approximate surface area is 169 Å². The van der Waals surface area contributed by atoms with Crippen molar-refractivity contribution in [3.63, 3.8) is 0 Å². The van der Waals surface area contributed by atoms with Crippen molar-refractivity contribution in [2.45, 2.75) is 44.8 Å². The van der Waals surface area contributed by atoms with Gasteiger partial charge < -0.3 is 15.0 Å². The lowest BCUT2D eigenvalue weighted by molar-refractivity contribution is -0.122. The summed E-state index contributed by atoms with van der Waals surface area (Å²) in [5.74, 6) is 0.317. The van der Waals surface area contributed by atoms with Crippen molar-refractivity contribution in [1.82, 2.24) is 10.2 Å². The SMILES string of the molecule is CC(=O)N[C@@H]1C[C@@H]2CN(C(=O)c3ccc(Cl)cc3F)C[C@@H]2C[C@H]1OCC1CC1. The Balaban J connectivity index is 1.44. The number of halogens is 2. The van der Waals surface area contributed by atoms with Crippen molar-refractivity contribution in [3.8, 4) is 0 Å². The second-order valence-electron chi connectivity index (χ2n) is 8.45. The third-order valence-corrected chi connectivity index (χ3v) is 6.43. The van der Waals surface area contributed by atoms with Crippen LogP contribution in [-0.2, 0) is 9.53 Å². The number of amides is 2. The summed E-state index contributed by atoms with van der Waals surface area (Å²) in [4.78, 5) is 26.2. The van der Waals surface area contributed by atoms with Gasteiger partial charge in [-0.05, 0) is 61.6 Å². The van der Waals surface area contributed by atoms with Gasteiger partial charge in [0.15, 0.2) is 0 Å². The van der Waals surface area contributed by atoms with E-state index < -0.39 is 5.82 Å². The van der Waals surface area contributed by atoms with E-state index in [2.05, 4.69) is 5.32 Å². The van der Waals surface area contributed by atoms with E-state index in [1.54, 1.807) is 4.90 Å². The van der Waals surface area contributed by atoms with Crippen molar-refractivity contribution < 1.29 is 18.7 Å². The monoisotopic (exact) mass is 408 g/mol. The summed E-state index contributed by atoms with van der Waals surface area (Å²) in [5, 5.41) is 3.31. The van der Waals surface area contributed by atoms with Crippen LogP contribution in [0.1, 0.15) is 43.0 Å². The number of rotatable bonds is 5. The summed E-state index contributed by atoms with van der Waals surface area (Å²) in [6.07, 6.45) is 4.02. The maximum atomic E-state index is 14.2. The zero-order valence-corrected chi connectivity index (χ0v) is 16.8. The molecule has 2 aliphatic carbocycles. The van der Waals surface area contributed by atoms with Gasteiger partial charge in [-0.2, -0.15) is 0 Å². The summed E-state index contributed by atoms with van der Waals surface area (Å²) >= 11 is 5.80. The van der Waals surface area contributed by atoms with Crippen molar-refractivity contribution >= 4 is 23.4 Å². The molecule has 28 heavy (non-hydrogen) atoms. The number of carbonyl (C=O) groups is 2. The number of fused-ring (bicyclic) bond motifs is 1. The predicted molar refractivity (Wildman–Crippen MR) is 104 cm³/mol. The van der Waals surface area contributed by atoms with Crippen LogP contribution in [0.4, 0.5) is 4.39 Å². The molecule has 4 rings (SSSR count). The van der Waals surface area contributed by atoms with Gasteiger partial charge in [0.2, 0.25) is 5.91 Å². The van der Waals surface area contributed by atoms with E-state index >= 15 is 0 Å². The summed E-state index contributed by atoms with van der Waals surface area (Å²) in [5.41, 5.74) is 0.0583. The fourth-order valence-corrected chi connectivity index (χ4v) is 4.71. The molecule has 4 atom stereocenters. The van der Waals surface area contributed by atoms with Gasteiger partial charge in [0.1, 0.15) is 5.82 Å². The molecule has 1 heterocycles. The zero-order valence-electron chi connectivity index (χ0n) is 16.0.